The fourth-order valence-electron chi connectivity index (χ4n) is 1.71. The molecule has 114 valence electrons. The molecule has 7 heteroatoms. The molecule has 2 aromatic rings. The Morgan fingerprint density at radius 3 is 2.64 bits per heavy atom. The maximum atomic E-state index is 12.9. The highest BCUT2D eigenvalue weighted by Crippen LogP contribution is 2.20. The van der Waals surface area contributed by atoms with Crippen molar-refractivity contribution in [3.05, 3.63) is 53.2 Å². The minimum Gasteiger partial charge on any atom is -0.504 e. The molecule has 0 aliphatic rings. The van der Waals surface area contributed by atoms with E-state index >= 15 is 0 Å². The molecule has 1 N–H and O–H groups in total. The first-order valence-corrected chi connectivity index (χ1v) is 6.92. The third kappa shape index (κ3) is 3.82. The quantitative estimate of drug-likeness (QED) is 0.395. The van der Waals surface area contributed by atoms with Gasteiger partial charge in [-0.15, -0.1) is 10.2 Å². The molecule has 0 saturated heterocycles. The van der Waals surface area contributed by atoms with E-state index in [1.807, 2.05) is 0 Å². The van der Waals surface area contributed by atoms with Crippen LogP contribution in [0.1, 0.15) is 31.2 Å². The first kappa shape index (κ1) is 16.0. The van der Waals surface area contributed by atoms with Gasteiger partial charge in [0.2, 0.25) is 5.89 Å². The summed E-state index contributed by atoms with van der Waals surface area (Å²) in [6.07, 6.45) is 1.85. The first-order valence-electron chi connectivity index (χ1n) is 6.51. The predicted molar refractivity (Wildman–Crippen MR) is 85.5 cm³/mol. The molecule has 0 spiro atoms. The number of hydrogen-bond acceptors (Lipinski definition) is 6. The first-order chi connectivity index (χ1) is 10.5. The highest BCUT2D eigenvalue weighted by Gasteiger charge is 2.16. The Bertz CT molecular complexity index is 736. The van der Waals surface area contributed by atoms with Crippen LogP contribution in [0.3, 0.4) is 0 Å². The van der Waals surface area contributed by atoms with E-state index in [1.165, 1.54) is 18.3 Å². The number of thiocarbonyl (C=S) groups is 1. The number of allylic oxidation sites excluding steroid dienone is 1. The lowest BCUT2D eigenvalue weighted by molar-refractivity contribution is 0.439. The molecule has 2 rings (SSSR count). The molecule has 5 nitrogen and oxygen atoms in total. The summed E-state index contributed by atoms with van der Waals surface area (Å²) in [4.78, 5) is 4.30. The fourth-order valence-corrected chi connectivity index (χ4v) is 1.81. The Morgan fingerprint density at radius 2 is 2.05 bits per heavy atom. The molecule has 1 aromatic heterocycles. The molecule has 0 saturated carbocycles. The number of hydrogen-bond donors (Lipinski definition) is 1. The second kappa shape index (κ2) is 7.04. The zero-order valence-corrected chi connectivity index (χ0v) is 12.9. The van der Waals surface area contributed by atoms with Gasteiger partial charge in [0.05, 0.1) is 11.3 Å². The van der Waals surface area contributed by atoms with Crippen molar-refractivity contribution in [3.63, 3.8) is 0 Å². The van der Waals surface area contributed by atoms with Gasteiger partial charge in [-0.1, -0.05) is 24.4 Å². The second-order valence-electron chi connectivity index (χ2n) is 4.44. The van der Waals surface area contributed by atoms with E-state index in [1.54, 1.807) is 26.0 Å². The normalized spacial score (nSPS) is 12.5. The van der Waals surface area contributed by atoms with E-state index in [4.69, 9.17) is 16.6 Å². The van der Waals surface area contributed by atoms with Crippen molar-refractivity contribution in [1.29, 1.82) is 0 Å². The number of aliphatic hydroxyl groups excluding tert-OH is 1. The van der Waals surface area contributed by atoms with Crippen LogP contribution in [0.4, 0.5) is 4.39 Å². The van der Waals surface area contributed by atoms with Crippen LogP contribution in [0.2, 0.25) is 0 Å². The van der Waals surface area contributed by atoms with E-state index in [0.29, 0.717) is 12.3 Å². The van der Waals surface area contributed by atoms with Crippen LogP contribution in [0, 0.1) is 5.82 Å². The number of aliphatic hydroxyl groups is 1. The number of rotatable bonds is 5. The molecule has 0 fully saturated rings. The van der Waals surface area contributed by atoms with E-state index in [-0.39, 0.29) is 28.0 Å². The number of nitrogens with zero attached hydrogens (tertiary/aromatic N) is 3. The van der Waals surface area contributed by atoms with E-state index < -0.39 is 0 Å². The average Bonchev–Trinajstić information content (AvgIpc) is 2.94. The van der Waals surface area contributed by atoms with Crippen molar-refractivity contribution in [1.82, 2.24) is 10.2 Å². The van der Waals surface area contributed by atoms with Gasteiger partial charge in [0.1, 0.15) is 5.82 Å². The maximum Gasteiger partial charge on any atom is 0.270 e. The van der Waals surface area contributed by atoms with Gasteiger partial charge in [0, 0.05) is 6.21 Å². The summed E-state index contributed by atoms with van der Waals surface area (Å²) >= 11 is 4.93. The summed E-state index contributed by atoms with van der Waals surface area (Å²) in [5.41, 5.74) is 0.962. The van der Waals surface area contributed by atoms with Crippen LogP contribution in [-0.4, -0.2) is 26.4 Å². The van der Waals surface area contributed by atoms with Crippen molar-refractivity contribution in [3.8, 4) is 0 Å². The molecule has 1 heterocycles. The Kier molecular flexibility index (Phi) is 5.11. The molecule has 0 aliphatic carbocycles. The SMILES string of the molecule is C/C=N\C(=C(\O)C(C)=S)c1nnc(Cc2ccc(F)cc2)o1. The monoisotopic (exact) mass is 319 g/mol. The number of aliphatic imine (C=N–C) groups is 1. The largest absolute Gasteiger partial charge is 0.504 e. The molecule has 0 radical (unpaired) electrons. The van der Waals surface area contributed by atoms with Gasteiger partial charge in [0.15, 0.2) is 11.5 Å². The summed E-state index contributed by atoms with van der Waals surface area (Å²) in [6, 6.07) is 6.00. The molecular formula is C15H14FN3O2S. The minimum atomic E-state index is -0.307. The fraction of sp³-hybridized carbons (Fsp3) is 0.200. The third-order valence-corrected chi connectivity index (χ3v) is 2.95. The van der Waals surface area contributed by atoms with Crippen LogP contribution in [0.5, 0.6) is 0 Å². The van der Waals surface area contributed by atoms with Gasteiger partial charge < -0.3 is 9.52 Å². The second-order valence-corrected chi connectivity index (χ2v) is 5.06. The molecule has 22 heavy (non-hydrogen) atoms. The van der Waals surface area contributed by atoms with Crippen LogP contribution in [-0.2, 0) is 6.42 Å². The molecule has 0 bridgehead atoms. The smallest absolute Gasteiger partial charge is 0.270 e. The van der Waals surface area contributed by atoms with Crippen LogP contribution in [0.25, 0.3) is 5.70 Å². The van der Waals surface area contributed by atoms with Gasteiger partial charge >= 0.3 is 0 Å². The molecule has 0 aliphatic heterocycles. The van der Waals surface area contributed by atoms with Crippen LogP contribution in [0.15, 0.2) is 39.4 Å². The Labute approximate surface area is 132 Å². The number of aromatic nitrogens is 2. The number of halogens is 1. The molecule has 1 aromatic carbocycles. The lowest BCUT2D eigenvalue weighted by Crippen LogP contribution is -1.97. The van der Waals surface area contributed by atoms with Gasteiger partial charge in [0.25, 0.3) is 5.89 Å². The van der Waals surface area contributed by atoms with Gasteiger partial charge in [-0.2, -0.15) is 0 Å². The molecular weight excluding hydrogens is 305 g/mol. The summed E-state index contributed by atoms with van der Waals surface area (Å²) in [7, 11) is 0. The van der Waals surface area contributed by atoms with E-state index in [0.717, 1.165) is 5.56 Å². The Morgan fingerprint density at radius 1 is 1.36 bits per heavy atom. The van der Waals surface area contributed by atoms with Crippen LogP contribution >= 0.6 is 12.2 Å². The summed E-state index contributed by atoms with van der Waals surface area (Å²) in [5, 5.41) is 17.7. The maximum absolute atomic E-state index is 12.9. The van der Waals surface area contributed by atoms with Crippen LogP contribution < -0.4 is 0 Å². The van der Waals surface area contributed by atoms with Gasteiger partial charge in [-0.3, -0.25) is 4.99 Å². The highest BCUT2D eigenvalue weighted by molar-refractivity contribution is 7.80. The standard InChI is InChI=1S/C15H14FN3O2S/c1-3-17-13(14(20)9(2)22)15-19-18-12(21-15)8-10-4-6-11(16)7-5-10/h3-7,20H,8H2,1-2H3/b14-13+,17-3-. The van der Waals surface area contributed by atoms with Gasteiger partial charge in [-0.05, 0) is 31.5 Å². The van der Waals surface area contributed by atoms with Crippen molar-refractivity contribution >= 4 is 29.0 Å². The van der Waals surface area contributed by atoms with Gasteiger partial charge in [-0.25, -0.2) is 4.39 Å². The highest BCUT2D eigenvalue weighted by atomic mass is 32.1. The molecule has 0 unspecified atom stereocenters. The Hall–Kier alpha value is -2.41. The van der Waals surface area contributed by atoms with Crippen molar-refractivity contribution in [2.24, 2.45) is 4.99 Å². The van der Waals surface area contributed by atoms with Crippen molar-refractivity contribution < 1.29 is 13.9 Å². The van der Waals surface area contributed by atoms with Crippen molar-refractivity contribution in [2.75, 3.05) is 0 Å². The predicted octanol–water partition coefficient (Wildman–Crippen LogP) is 3.51. The third-order valence-electron chi connectivity index (χ3n) is 2.75. The minimum absolute atomic E-state index is 0.0805. The molecule has 0 amide bonds. The Balaban J connectivity index is 2.28. The zero-order valence-electron chi connectivity index (χ0n) is 12.1. The molecule has 0 atom stereocenters. The summed E-state index contributed by atoms with van der Waals surface area (Å²) in [5.74, 6) is -0.0684. The zero-order chi connectivity index (χ0) is 16.1. The lowest BCUT2D eigenvalue weighted by Gasteiger charge is -2.00. The van der Waals surface area contributed by atoms with E-state index in [9.17, 15) is 9.50 Å². The average molecular weight is 319 g/mol. The lowest BCUT2D eigenvalue weighted by atomic mass is 10.1. The van der Waals surface area contributed by atoms with Crippen molar-refractivity contribution in [2.45, 2.75) is 20.3 Å². The summed E-state index contributed by atoms with van der Waals surface area (Å²) < 4.78 is 18.4. The van der Waals surface area contributed by atoms with E-state index in [2.05, 4.69) is 15.2 Å². The number of benzene rings is 1. The topological polar surface area (TPSA) is 71.5 Å². The summed E-state index contributed by atoms with van der Waals surface area (Å²) in [6.45, 7) is 3.27.